The first kappa shape index (κ1) is 20.6. The van der Waals surface area contributed by atoms with Gasteiger partial charge in [-0.15, -0.1) is 0 Å². The van der Waals surface area contributed by atoms with E-state index in [4.69, 9.17) is 0 Å². The molecule has 158 valence electrons. The number of anilines is 1. The highest BCUT2D eigenvalue weighted by molar-refractivity contribution is 7.92. The lowest BCUT2D eigenvalue weighted by atomic mass is 10.1. The van der Waals surface area contributed by atoms with Crippen molar-refractivity contribution in [1.29, 1.82) is 0 Å². The largest absolute Gasteiger partial charge is 0.336 e. The Morgan fingerprint density at radius 2 is 1.73 bits per heavy atom. The zero-order chi connectivity index (χ0) is 21.1. The van der Waals surface area contributed by atoms with Gasteiger partial charge in [0.25, 0.3) is 5.91 Å². The molecule has 30 heavy (non-hydrogen) atoms. The van der Waals surface area contributed by atoms with Crippen molar-refractivity contribution in [3.8, 4) is 0 Å². The van der Waals surface area contributed by atoms with Gasteiger partial charge < -0.3 is 4.90 Å². The fourth-order valence-corrected chi connectivity index (χ4v) is 5.03. The maximum Gasteiger partial charge on any atom is 0.253 e. The second kappa shape index (κ2) is 8.62. The van der Waals surface area contributed by atoms with Gasteiger partial charge in [0.1, 0.15) is 0 Å². The van der Waals surface area contributed by atoms with Crippen LogP contribution in [0.1, 0.15) is 21.5 Å². The first-order chi connectivity index (χ1) is 14.4. The number of carbonyl (C=O) groups is 1. The molecule has 2 aromatic carbocycles. The van der Waals surface area contributed by atoms with Crippen molar-refractivity contribution in [3.63, 3.8) is 0 Å². The fourth-order valence-electron chi connectivity index (χ4n) is 4.07. The Hall–Kier alpha value is -2.64. The summed E-state index contributed by atoms with van der Waals surface area (Å²) in [6.45, 7) is 4.41. The maximum atomic E-state index is 12.9. The van der Waals surface area contributed by atoms with Gasteiger partial charge in [0.05, 0.1) is 11.9 Å². The second-order valence-electron chi connectivity index (χ2n) is 7.83. The standard InChI is InChI=1S/C23H27N3O3S/c1-30(28,29)26-13-11-20-18-21(9-10-22(20)26)23(27)25-16-14-24(15-17-25)12-5-8-19-6-3-2-4-7-19/h2-10,18H,11-17H2,1H3. The first-order valence-electron chi connectivity index (χ1n) is 10.3. The minimum absolute atomic E-state index is 0.0232. The highest BCUT2D eigenvalue weighted by atomic mass is 32.2. The predicted octanol–water partition coefficient (Wildman–Crippen LogP) is 2.48. The number of nitrogens with zero attached hydrogens (tertiary/aromatic N) is 3. The monoisotopic (exact) mass is 425 g/mol. The fraction of sp³-hybridized carbons (Fsp3) is 0.348. The van der Waals surface area contributed by atoms with Gasteiger partial charge in [-0.2, -0.15) is 0 Å². The lowest BCUT2D eigenvalue weighted by molar-refractivity contribution is 0.0650. The van der Waals surface area contributed by atoms with E-state index < -0.39 is 10.0 Å². The van der Waals surface area contributed by atoms with E-state index in [1.165, 1.54) is 16.1 Å². The molecule has 0 unspecified atom stereocenters. The van der Waals surface area contributed by atoms with E-state index in [2.05, 4.69) is 29.2 Å². The highest BCUT2D eigenvalue weighted by Gasteiger charge is 2.28. The van der Waals surface area contributed by atoms with E-state index in [1.807, 2.05) is 29.2 Å². The van der Waals surface area contributed by atoms with Crippen molar-refractivity contribution in [2.45, 2.75) is 6.42 Å². The molecule has 0 aromatic heterocycles. The van der Waals surface area contributed by atoms with Crippen LogP contribution in [0, 0.1) is 0 Å². The van der Waals surface area contributed by atoms with Crippen LogP contribution in [0.15, 0.2) is 54.6 Å². The van der Waals surface area contributed by atoms with Gasteiger partial charge in [-0.1, -0.05) is 42.5 Å². The molecular weight excluding hydrogens is 398 g/mol. The Balaban J connectivity index is 1.33. The van der Waals surface area contributed by atoms with Gasteiger partial charge in [0.15, 0.2) is 0 Å². The van der Waals surface area contributed by atoms with Gasteiger partial charge in [-0.3, -0.25) is 14.0 Å². The van der Waals surface area contributed by atoms with Crippen molar-refractivity contribution < 1.29 is 13.2 Å². The molecule has 0 atom stereocenters. The quantitative estimate of drug-likeness (QED) is 0.739. The average molecular weight is 426 g/mol. The van der Waals surface area contributed by atoms with E-state index in [1.54, 1.807) is 12.1 Å². The number of rotatable bonds is 5. The second-order valence-corrected chi connectivity index (χ2v) is 9.74. The summed E-state index contributed by atoms with van der Waals surface area (Å²) in [5.41, 5.74) is 3.46. The van der Waals surface area contributed by atoms with Crippen LogP contribution in [-0.2, 0) is 16.4 Å². The third kappa shape index (κ3) is 4.57. The van der Waals surface area contributed by atoms with Crippen molar-refractivity contribution in [1.82, 2.24) is 9.80 Å². The maximum absolute atomic E-state index is 12.9. The third-order valence-corrected chi connectivity index (χ3v) is 6.89. The molecule has 1 saturated heterocycles. The molecule has 1 fully saturated rings. The van der Waals surface area contributed by atoms with Gasteiger partial charge in [-0.05, 0) is 35.7 Å². The summed E-state index contributed by atoms with van der Waals surface area (Å²) in [6, 6.07) is 15.6. The number of benzene rings is 2. The SMILES string of the molecule is CS(=O)(=O)N1CCc2cc(C(=O)N3CCN(CC=Cc4ccccc4)CC3)ccc21. The topological polar surface area (TPSA) is 60.9 Å². The number of hydrogen-bond donors (Lipinski definition) is 0. The minimum atomic E-state index is -3.27. The number of amides is 1. The van der Waals surface area contributed by atoms with E-state index in [0.29, 0.717) is 37.3 Å². The van der Waals surface area contributed by atoms with Crippen molar-refractivity contribution in [2.24, 2.45) is 0 Å². The van der Waals surface area contributed by atoms with Gasteiger partial charge in [0, 0.05) is 44.8 Å². The van der Waals surface area contributed by atoms with Crippen LogP contribution in [-0.4, -0.2) is 69.6 Å². The van der Waals surface area contributed by atoms with Crippen molar-refractivity contribution >= 4 is 27.7 Å². The van der Waals surface area contributed by atoms with Crippen LogP contribution >= 0.6 is 0 Å². The van der Waals surface area contributed by atoms with E-state index in [9.17, 15) is 13.2 Å². The summed E-state index contributed by atoms with van der Waals surface area (Å²) in [7, 11) is -3.27. The normalized spacial score (nSPS) is 17.5. The van der Waals surface area contributed by atoms with Gasteiger partial charge in [-0.25, -0.2) is 8.42 Å². The number of fused-ring (bicyclic) bond motifs is 1. The van der Waals surface area contributed by atoms with E-state index >= 15 is 0 Å². The molecule has 0 spiro atoms. The number of piperazine rings is 1. The molecule has 0 bridgehead atoms. The predicted molar refractivity (Wildman–Crippen MR) is 120 cm³/mol. The molecule has 0 N–H and O–H groups in total. The van der Waals surface area contributed by atoms with Gasteiger partial charge in [0.2, 0.25) is 10.0 Å². The summed E-state index contributed by atoms with van der Waals surface area (Å²) in [5.74, 6) is 0.0232. The Kier molecular flexibility index (Phi) is 5.92. The summed E-state index contributed by atoms with van der Waals surface area (Å²) in [5, 5.41) is 0. The van der Waals surface area contributed by atoms with Crippen LogP contribution in [0.4, 0.5) is 5.69 Å². The zero-order valence-corrected chi connectivity index (χ0v) is 18.0. The molecule has 0 saturated carbocycles. The number of sulfonamides is 1. The van der Waals surface area contributed by atoms with E-state index in [-0.39, 0.29) is 5.91 Å². The molecular formula is C23H27N3O3S. The summed E-state index contributed by atoms with van der Waals surface area (Å²) in [4.78, 5) is 17.2. The molecule has 4 rings (SSSR count). The smallest absolute Gasteiger partial charge is 0.253 e. The van der Waals surface area contributed by atoms with Crippen LogP contribution in [0.3, 0.4) is 0 Å². The van der Waals surface area contributed by atoms with Crippen molar-refractivity contribution in [3.05, 3.63) is 71.3 Å². The molecule has 7 heteroatoms. The Labute approximate surface area is 178 Å². The Morgan fingerprint density at radius 3 is 2.43 bits per heavy atom. The molecule has 2 aromatic rings. The third-order valence-electron chi connectivity index (χ3n) is 5.71. The molecule has 2 aliphatic rings. The van der Waals surface area contributed by atoms with Crippen molar-refractivity contribution in [2.75, 3.05) is 49.8 Å². The molecule has 0 aliphatic carbocycles. The van der Waals surface area contributed by atoms with Gasteiger partial charge >= 0.3 is 0 Å². The summed E-state index contributed by atoms with van der Waals surface area (Å²) in [6.07, 6.45) is 6.16. The molecule has 0 radical (unpaired) electrons. The minimum Gasteiger partial charge on any atom is -0.336 e. The average Bonchev–Trinajstić information content (AvgIpc) is 3.18. The molecule has 2 heterocycles. The van der Waals surface area contributed by atoms with Crippen LogP contribution in [0.2, 0.25) is 0 Å². The lowest BCUT2D eigenvalue weighted by Gasteiger charge is -2.34. The summed E-state index contributed by atoms with van der Waals surface area (Å²) < 4.78 is 25.2. The first-order valence-corrected chi connectivity index (χ1v) is 12.1. The molecule has 2 aliphatic heterocycles. The highest BCUT2D eigenvalue weighted by Crippen LogP contribution is 2.31. The lowest BCUT2D eigenvalue weighted by Crippen LogP contribution is -2.48. The summed E-state index contributed by atoms with van der Waals surface area (Å²) >= 11 is 0. The van der Waals surface area contributed by atoms with E-state index in [0.717, 1.165) is 25.2 Å². The van der Waals surface area contributed by atoms with Crippen LogP contribution < -0.4 is 4.31 Å². The zero-order valence-electron chi connectivity index (χ0n) is 17.2. The number of hydrogen-bond acceptors (Lipinski definition) is 4. The number of carbonyl (C=O) groups excluding carboxylic acids is 1. The Bertz CT molecular complexity index is 1040. The Morgan fingerprint density at radius 1 is 1.00 bits per heavy atom. The molecule has 6 nitrogen and oxygen atoms in total. The molecule has 1 amide bonds. The van der Waals surface area contributed by atoms with Crippen LogP contribution in [0.25, 0.3) is 6.08 Å². The van der Waals surface area contributed by atoms with Crippen LogP contribution in [0.5, 0.6) is 0 Å².